The number of anilines is 2. The van der Waals surface area contributed by atoms with Crippen LogP contribution in [0.2, 0.25) is 0 Å². The number of benzene rings is 1. The molecule has 33 heavy (non-hydrogen) atoms. The lowest BCUT2D eigenvalue weighted by Crippen LogP contribution is -2.39. The fourth-order valence-electron chi connectivity index (χ4n) is 5.59. The standard InChI is InChI=1S/C27H35N5O/c1-2-19-17-29-26-24(13-14-28-26)25(19)32-15-7-9-21(18-32)20-8-6-12-23(16-20)31-27(33)30-22-10-4-3-5-11-22/h6,8,12-14,16-17,21-22H,2-5,7,9-11,15,18H2,1H3,(H,28,29)(H2,30,31,33). The Morgan fingerprint density at radius 2 is 2.03 bits per heavy atom. The average molecular weight is 446 g/mol. The van der Waals surface area contributed by atoms with Gasteiger partial charge in [-0.15, -0.1) is 0 Å². The van der Waals surface area contributed by atoms with Gasteiger partial charge in [0, 0.05) is 48.5 Å². The van der Waals surface area contributed by atoms with Gasteiger partial charge in [-0.1, -0.05) is 38.3 Å². The van der Waals surface area contributed by atoms with E-state index in [0.29, 0.717) is 12.0 Å². The zero-order valence-corrected chi connectivity index (χ0v) is 19.6. The molecule has 2 aromatic heterocycles. The highest BCUT2D eigenvalue weighted by Gasteiger charge is 2.25. The van der Waals surface area contributed by atoms with Crippen molar-refractivity contribution in [2.75, 3.05) is 23.3 Å². The minimum Gasteiger partial charge on any atom is -0.370 e. The monoisotopic (exact) mass is 445 g/mol. The van der Waals surface area contributed by atoms with E-state index in [1.165, 1.54) is 41.5 Å². The van der Waals surface area contributed by atoms with Gasteiger partial charge in [0.2, 0.25) is 0 Å². The third kappa shape index (κ3) is 4.85. The van der Waals surface area contributed by atoms with E-state index in [0.717, 1.165) is 56.5 Å². The first-order chi connectivity index (χ1) is 16.2. The van der Waals surface area contributed by atoms with Crippen LogP contribution in [0.25, 0.3) is 11.0 Å². The molecule has 5 rings (SSSR count). The molecule has 174 valence electrons. The van der Waals surface area contributed by atoms with Crippen molar-refractivity contribution in [2.45, 2.75) is 70.3 Å². The number of piperidine rings is 1. The number of rotatable bonds is 5. The summed E-state index contributed by atoms with van der Waals surface area (Å²) in [7, 11) is 0. The van der Waals surface area contributed by atoms with Crippen LogP contribution in [0.15, 0.2) is 42.7 Å². The topological polar surface area (TPSA) is 73.0 Å². The Bertz CT molecular complexity index is 1100. The molecular formula is C27H35N5O. The van der Waals surface area contributed by atoms with Gasteiger partial charge in [-0.2, -0.15) is 0 Å². The van der Waals surface area contributed by atoms with E-state index < -0.39 is 0 Å². The Balaban J connectivity index is 1.30. The molecule has 1 aromatic carbocycles. The highest BCUT2D eigenvalue weighted by atomic mass is 16.2. The quantitative estimate of drug-likeness (QED) is 0.453. The molecule has 6 heteroatoms. The van der Waals surface area contributed by atoms with Gasteiger partial charge in [0.05, 0.1) is 5.69 Å². The van der Waals surface area contributed by atoms with E-state index in [1.54, 1.807) is 0 Å². The lowest BCUT2D eigenvalue weighted by Gasteiger charge is -2.36. The van der Waals surface area contributed by atoms with Crippen LogP contribution >= 0.6 is 0 Å². The number of hydrogen-bond acceptors (Lipinski definition) is 3. The number of nitrogens with zero attached hydrogens (tertiary/aromatic N) is 2. The Hall–Kier alpha value is -3.02. The maximum Gasteiger partial charge on any atom is 0.319 e. The van der Waals surface area contributed by atoms with Gasteiger partial charge in [0.25, 0.3) is 0 Å². The number of aromatic nitrogens is 2. The molecule has 2 aliphatic rings. The lowest BCUT2D eigenvalue weighted by molar-refractivity contribution is 0.244. The molecule has 2 amide bonds. The number of amides is 2. The summed E-state index contributed by atoms with van der Waals surface area (Å²) in [6, 6.07) is 10.8. The number of urea groups is 1. The Kier molecular flexibility index (Phi) is 6.51. The minimum absolute atomic E-state index is 0.0801. The van der Waals surface area contributed by atoms with Crippen LogP contribution in [0, 0.1) is 0 Å². The Morgan fingerprint density at radius 1 is 1.15 bits per heavy atom. The van der Waals surface area contributed by atoms with Gasteiger partial charge in [-0.05, 0) is 61.4 Å². The van der Waals surface area contributed by atoms with Crippen molar-refractivity contribution < 1.29 is 4.79 Å². The van der Waals surface area contributed by atoms with Crippen molar-refractivity contribution in [3.8, 4) is 0 Å². The van der Waals surface area contributed by atoms with Crippen molar-refractivity contribution in [3.63, 3.8) is 0 Å². The molecular weight excluding hydrogens is 410 g/mol. The van der Waals surface area contributed by atoms with Gasteiger partial charge in [0.1, 0.15) is 5.65 Å². The third-order valence-corrected chi connectivity index (χ3v) is 7.31. The van der Waals surface area contributed by atoms with Gasteiger partial charge >= 0.3 is 6.03 Å². The van der Waals surface area contributed by atoms with E-state index >= 15 is 0 Å². The van der Waals surface area contributed by atoms with Crippen molar-refractivity contribution in [1.82, 2.24) is 15.3 Å². The molecule has 1 unspecified atom stereocenters. The number of hydrogen-bond donors (Lipinski definition) is 3. The number of nitrogens with one attached hydrogen (secondary N) is 3. The van der Waals surface area contributed by atoms with Gasteiger partial charge in [-0.3, -0.25) is 0 Å². The second-order valence-corrected chi connectivity index (χ2v) is 9.57. The van der Waals surface area contributed by atoms with E-state index in [-0.39, 0.29) is 6.03 Å². The Labute approximate surface area is 196 Å². The average Bonchev–Trinajstić information content (AvgIpc) is 3.33. The predicted molar refractivity (Wildman–Crippen MR) is 135 cm³/mol. The van der Waals surface area contributed by atoms with Crippen LogP contribution in [-0.4, -0.2) is 35.1 Å². The molecule has 3 heterocycles. The molecule has 1 saturated heterocycles. The largest absolute Gasteiger partial charge is 0.370 e. The fourth-order valence-corrected chi connectivity index (χ4v) is 5.59. The highest BCUT2D eigenvalue weighted by molar-refractivity contribution is 5.92. The number of H-pyrrole nitrogens is 1. The molecule has 6 nitrogen and oxygen atoms in total. The smallest absolute Gasteiger partial charge is 0.319 e. The van der Waals surface area contributed by atoms with Crippen LogP contribution in [0.1, 0.15) is 68.9 Å². The second kappa shape index (κ2) is 9.86. The minimum atomic E-state index is -0.0801. The van der Waals surface area contributed by atoms with Gasteiger partial charge in [0.15, 0.2) is 0 Å². The second-order valence-electron chi connectivity index (χ2n) is 9.57. The first-order valence-corrected chi connectivity index (χ1v) is 12.6. The number of fused-ring (bicyclic) bond motifs is 1. The molecule has 1 aliphatic carbocycles. The van der Waals surface area contributed by atoms with E-state index in [1.807, 2.05) is 18.5 Å². The zero-order chi connectivity index (χ0) is 22.6. The summed E-state index contributed by atoms with van der Waals surface area (Å²) in [6.45, 7) is 4.25. The molecule has 3 N–H and O–H groups in total. The summed E-state index contributed by atoms with van der Waals surface area (Å²) in [6.07, 6.45) is 13.2. The summed E-state index contributed by atoms with van der Waals surface area (Å²) in [5.74, 6) is 0.439. The van der Waals surface area contributed by atoms with E-state index in [4.69, 9.17) is 0 Å². The number of aromatic amines is 1. The predicted octanol–water partition coefficient (Wildman–Crippen LogP) is 5.96. The highest BCUT2D eigenvalue weighted by Crippen LogP contribution is 2.36. The van der Waals surface area contributed by atoms with Crippen LogP contribution < -0.4 is 15.5 Å². The number of aryl methyl sites for hydroxylation is 1. The number of carbonyl (C=O) groups is 1. The van der Waals surface area contributed by atoms with Crippen molar-refractivity contribution in [2.24, 2.45) is 0 Å². The molecule has 2 fully saturated rings. The molecule has 1 atom stereocenters. The van der Waals surface area contributed by atoms with Gasteiger partial charge < -0.3 is 20.5 Å². The summed E-state index contributed by atoms with van der Waals surface area (Å²) in [4.78, 5) is 22.9. The number of pyridine rings is 1. The molecule has 0 bridgehead atoms. The maximum absolute atomic E-state index is 12.5. The summed E-state index contributed by atoms with van der Waals surface area (Å²) in [5.41, 5.74) is 5.77. The fraction of sp³-hybridized carbons (Fsp3) is 0.481. The van der Waals surface area contributed by atoms with Crippen LogP contribution in [0.4, 0.5) is 16.2 Å². The molecule has 3 aromatic rings. The summed E-state index contributed by atoms with van der Waals surface area (Å²) < 4.78 is 0. The summed E-state index contributed by atoms with van der Waals surface area (Å²) >= 11 is 0. The van der Waals surface area contributed by atoms with Crippen LogP contribution in [-0.2, 0) is 6.42 Å². The third-order valence-electron chi connectivity index (χ3n) is 7.31. The Morgan fingerprint density at radius 3 is 2.88 bits per heavy atom. The zero-order valence-electron chi connectivity index (χ0n) is 19.6. The van der Waals surface area contributed by atoms with Crippen LogP contribution in [0.5, 0.6) is 0 Å². The summed E-state index contributed by atoms with van der Waals surface area (Å²) in [5, 5.41) is 7.44. The number of carbonyl (C=O) groups excluding carboxylic acids is 1. The van der Waals surface area contributed by atoms with E-state index in [9.17, 15) is 4.79 Å². The van der Waals surface area contributed by atoms with Crippen molar-refractivity contribution >= 4 is 28.4 Å². The van der Waals surface area contributed by atoms with Crippen molar-refractivity contribution in [3.05, 3.63) is 53.9 Å². The maximum atomic E-state index is 12.5. The first-order valence-electron chi connectivity index (χ1n) is 12.6. The SMILES string of the molecule is CCc1cnc2[nH]ccc2c1N1CCCC(c2cccc(NC(=O)NC3CCCCC3)c2)C1. The van der Waals surface area contributed by atoms with Crippen molar-refractivity contribution in [1.29, 1.82) is 0 Å². The van der Waals surface area contributed by atoms with Gasteiger partial charge in [-0.25, -0.2) is 9.78 Å². The normalized spacial score (nSPS) is 19.5. The van der Waals surface area contributed by atoms with Crippen LogP contribution in [0.3, 0.4) is 0 Å². The molecule has 1 aliphatic heterocycles. The molecule has 1 saturated carbocycles. The first kappa shape index (κ1) is 21.8. The molecule has 0 spiro atoms. The van der Waals surface area contributed by atoms with E-state index in [2.05, 4.69) is 56.7 Å². The lowest BCUT2D eigenvalue weighted by atomic mass is 9.89. The molecule has 0 radical (unpaired) electrons.